The van der Waals surface area contributed by atoms with Crippen LogP contribution in [0.25, 0.3) is 0 Å². The minimum Gasteiger partial charge on any atom is -0.324 e. The lowest BCUT2D eigenvalue weighted by molar-refractivity contribution is -0.116. The lowest BCUT2D eigenvalue weighted by atomic mass is 10.3. The molecule has 23 heavy (non-hydrogen) atoms. The number of carbonyl (C=O) groups excluding carboxylic acids is 1. The minimum absolute atomic E-state index is 0.125. The van der Waals surface area contributed by atoms with E-state index in [1.54, 1.807) is 4.98 Å². The molecule has 1 aromatic carbocycles. The van der Waals surface area contributed by atoms with E-state index in [1.807, 2.05) is 0 Å². The molecule has 2 rings (SSSR count). The maximum Gasteiger partial charge on any atom is 0.328 e. The molecule has 0 unspecified atom stereocenters. The number of nitrogens with two attached hydrogens (primary N) is 1. The molecule has 0 aliphatic heterocycles. The predicted molar refractivity (Wildman–Crippen MR) is 77.7 cm³/mol. The first-order valence-corrected chi connectivity index (χ1v) is 7.63. The van der Waals surface area contributed by atoms with Crippen LogP contribution in [-0.4, -0.2) is 23.9 Å². The van der Waals surface area contributed by atoms with Crippen molar-refractivity contribution < 1.29 is 17.6 Å². The smallest absolute Gasteiger partial charge is 0.324 e. The molecule has 0 saturated heterocycles. The van der Waals surface area contributed by atoms with Crippen molar-refractivity contribution in [1.29, 1.82) is 0 Å². The summed E-state index contributed by atoms with van der Waals surface area (Å²) < 4.78 is 36.2. The van der Waals surface area contributed by atoms with Crippen LogP contribution in [-0.2, 0) is 21.4 Å². The fraction of sp³-hybridized carbons (Fsp3) is 0.0833. The molecule has 0 aliphatic carbocycles. The van der Waals surface area contributed by atoms with Gasteiger partial charge in [0.25, 0.3) is 5.56 Å². The van der Waals surface area contributed by atoms with E-state index >= 15 is 0 Å². The van der Waals surface area contributed by atoms with Gasteiger partial charge in [-0.1, -0.05) is 6.07 Å². The number of hydrogen-bond donors (Lipinski definition) is 3. The van der Waals surface area contributed by atoms with Crippen molar-refractivity contribution in [2.45, 2.75) is 11.4 Å². The summed E-state index contributed by atoms with van der Waals surface area (Å²) in [6.45, 7) is -0.577. The van der Waals surface area contributed by atoms with E-state index in [0.717, 1.165) is 6.07 Å². The average Bonchev–Trinajstić information content (AvgIpc) is 2.44. The van der Waals surface area contributed by atoms with Gasteiger partial charge in [-0.05, 0) is 18.2 Å². The highest BCUT2D eigenvalue weighted by molar-refractivity contribution is 7.89. The van der Waals surface area contributed by atoms with Gasteiger partial charge in [-0.25, -0.2) is 18.4 Å². The Morgan fingerprint density at radius 1 is 1.35 bits per heavy atom. The van der Waals surface area contributed by atoms with Crippen molar-refractivity contribution in [2.75, 3.05) is 5.32 Å². The molecule has 0 spiro atoms. The molecule has 0 aliphatic rings. The van der Waals surface area contributed by atoms with E-state index in [1.165, 1.54) is 18.2 Å². The van der Waals surface area contributed by atoms with E-state index in [4.69, 9.17) is 5.14 Å². The van der Waals surface area contributed by atoms with Crippen LogP contribution >= 0.6 is 0 Å². The van der Waals surface area contributed by atoms with E-state index < -0.39 is 39.5 Å². The van der Waals surface area contributed by atoms with Crippen LogP contribution in [0.2, 0.25) is 0 Å². The largest absolute Gasteiger partial charge is 0.328 e. The minimum atomic E-state index is -3.93. The van der Waals surface area contributed by atoms with Crippen LogP contribution < -0.4 is 21.7 Å². The summed E-state index contributed by atoms with van der Waals surface area (Å²) in [6, 6.07) is 5.14. The number of nitrogens with one attached hydrogen (secondary N) is 2. The van der Waals surface area contributed by atoms with Gasteiger partial charge in [0, 0.05) is 5.69 Å². The number of benzene rings is 1. The normalized spacial score (nSPS) is 11.2. The molecule has 1 aromatic heterocycles. The molecule has 0 atom stereocenters. The molecule has 122 valence electrons. The third-order valence-electron chi connectivity index (χ3n) is 2.73. The summed E-state index contributed by atoms with van der Waals surface area (Å²) >= 11 is 0. The average molecular weight is 342 g/mol. The fourth-order valence-corrected chi connectivity index (χ4v) is 2.27. The van der Waals surface area contributed by atoms with Crippen LogP contribution in [0.4, 0.5) is 10.1 Å². The van der Waals surface area contributed by atoms with Gasteiger partial charge in [0.15, 0.2) is 0 Å². The highest BCUT2D eigenvalue weighted by Gasteiger charge is 2.11. The summed E-state index contributed by atoms with van der Waals surface area (Å²) in [6.07, 6.45) is 0.599. The number of aromatic nitrogens is 2. The summed E-state index contributed by atoms with van der Waals surface area (Å²) in [5, 5.41) is 7.30. The summed E-state index contributed by atoms with van der Waals surface area (Å²) in [5.74, 6) is -1.95. The number of H-pyrrole nitrogens is 1. The molecule has 11 heteroatoms. The SMILES string of the molecule is NS(=O)(=O)c1cccc(NC(=O)Cn2cc(F)c(=O)[nH]c2=O)c1. The third-order valence-corrected chi connectivity index (χ3v) is 3.64. The Bertz CT molecular complexity index is 979. The van der Waals surface area contributed by atoms with Crippen molar-refractivity contribution in [2.24, 2.45) is 5.14 Å². The van der Waals surface area contributed by atoms with Crippen molar-refractivity contribution in [1.82, 2.24) is 9.55 Å². The quantitative estimate of drug-likeness (QED) is 0.650. The first kappa shape index (κ1) is 16.6. The number of anilines is 1. The number of nitrogens with zero attached hydrogens (tertiary/aromatic N) is 1. The maximum absolute atomic E-state index is 13.1. The van der Waals surface area contributed by atoms with Gasteiger partial charge in [-0.2, -0.15) is 4.39 Å². The Kier molecular flexibility index (Phi) is 4.43. The van der Waals surface area contributed by atoms with Crippen molar-refractivity contribution >= 4 is 21.6 Å². The second-order valence-electron chi connectivity index (χ2n) is 4.49. The molecule has 0 bridgehead atoms. The Balaban J connectivity index is 2.19. The zero-order valence-corrected chi connectivity index (χ0v) is 12.3. The number of halogens is 1. The van der Waals surface area contributed by atoms with Gasteiger partial charge >= 0.3 is 5.69 Å². The van der Waals surface area contributed by atoms with Gasteiger partial charge in [-0.3, -0.25) is 19.1 Å². The number of hydrogen-bond acceptors (Lipinski definition) is 5. The van der Waals surface area contributed by atoms with Gasteiger partial charge in [0.2, 0.25) is 21.7 Å². The van der Waals surface area contributed by atoms with Crippen molar-refractivity contribution in [3.05, 3.63) is 57.1 Å². The highest BCUT2D eigenvalue weighted by atomic mass is 32.2. The zero-order chi connectivity index (χ0) is 17.2. The van der Waals surface area contributed by atoms with E-state index in [-0.39, 0.29) is 10.6 Å². The first-order valence-electron chi connectivity index (χ1n) is 6.09. The number of carbonyl (C=O) groups is 1. The Morgan fingerprint density at radius 2 is 2.04 bits per heavy atom. The maximum atomic E-state index is 13.1. The number of rotatable bonds is 4. The van der Waals surface area contributed by atoms with Gasteiger partial charge < -0.3 is 5.32 Å². The number of sulfonamides is 1. The number of aromatic amines is 1. The molecule has 4 N–H and O–H groups in total. The van der Waals surface area contributed by atoms with Crippen LogP contribution in [0.1, 0.15) is 0 Å². The van der Waals surface area contributed by atoms with Crippen LogP contribution in [0.3, 0.4) is 0 Å². The standard InChI is InChI=1S/C12H11FN4O5S/c13-9-5-17(12(20)16-11(9)19)6-10(18)15-7-2-1-3-8(4-7)23(14,21)22/h1-5H,6H2,(H,15,18)(H2,14,21,22)(H,16,19,20). The summed E-state index contributed by atoms with van der Waals surface area (Å²) in [4.78, 5) is 35.6. The molecule has 2 aromatic rings. The lowest BCUT2D eigenvalue weighted by Crippen LogP contribution is -2.34. The van der Waals surface area contributed by atoms with Crippen molar-refractivity contribution in [3.8, 4) is 0 Å². The zero-order valence-electron chi connectivity index (χ0n) is 11.4. The second kappa shape index (κ2) is 6.14. The lowest BCUT2D eigenvalue weighted by Gasteiger charge is -2.08. The summed E-state index contributed by atoms with van der Waals surface area (Å²) in [5.41, 5.74) is -2.02. The Hall–Kier alpha value is -2.79. The van der Waals surface area contributed by atoms with Crippen LogP contribution in [0.5, 0.6) is 0 Å². The Morgan fingerprint density at radius 3 is 2.70 bits per heavy atom. The number of amides is 1. The molecule has 1 amide bonds. The monoisotopic (exact) mass is 342 g/mol. The molecule has 0 fully saturated rings. The molecular weight excluding hydrogens is 331 g/mol. The first-order chi connectivity index (χ1) is 10.7. The predicted octanol–water partition coefficient (Wildman–Crippen LogP) is -1.04. The molecule has 9 nitrogen and oxygen atoms in total. The van der Waals surface area contributed by atoms with E-state index in [9.17, 15) is 27.2 Å². The van der Waals surface area contributed by atoms with Crippen LogP contribution in [0, 0.1) is 5.82 Å². The highest BCUT2D eigenvalue weighted by Crippen LogP contribution is 2.13. The fourth-order valence-electron chi connectivity index (χ4n) is 1.71. The molecular formula is C12H11FN4O5S. The number of primary sulfonamides is 1. The topological polar surface area (TPSA) is 144 Å². The molecule has 0 saturated carbocycles. The van der Waals surface area contributed by atoms with E-state index in [2.05, 4.69) is 5.32 Å². The Labute approximate surface area is 128 Å². The van der Waals surface area contributed by atoms with Gasteiger partial charge in [0.05, 0.1) is 11.1 Å². The van der Waals surface area contributed by atoms with E-state index in [0.29, 0.717) is 10.8 Å². The molecule has 1 heterocycles. The van der Waals surface area contributed by atoms with Crippen molar-refractivity contribution in [3.63, 3.8) is 0 Å². The van der Waals surface area contributed by atoms with Gasteiger partial charge in [-0.15, -0.1) is 0 Å². The van der Waals surface area contributed by atoms with Gasteiger partial charge in [0.1, 0.15) is 6.54 Å². The third kappa shape index (κ3) is 4.11. The van der Waals surface area contributed by atoms with Crippen LogP contribution in [0.15, 0.2) is 44.9 Å². The molecule has 0 radical (unpaired) electrons. The summed E-state index contributed by atoms with van der Waals surface area (Å²) in [7, 11) is -3.93. The second-order valence-corrected chi connectivity index (χ2v) is 6.05.